The molecule has 7 heteroatoms. The summed E-state index contributed by atoms with van der Waals surface area (Å²) in [5.41, 5.74) is 3.34. The highest BCUT2D eigenvalue weighted by Crippen LogP contribution is 2.32. The standard InChI is InChI=1S/C23H28N4O3/c1-15-12-18(19-14-25-27(22(19)26-15)17-6-4-5-7-17)23(28)24-11-10-16-8-9-20(29-2)21(13-16)30-3/h8-9,12-14,17H,4-7,10-11H2,1-3H3,(H,24,28). The molecule has 0 radical (unpaired) electrons. The van der Waals surface area contributed by atoms with Crippen LogP contribution in [-0.4, -0.2) is 41.4 Å². The fraction of sp³-hybridized carbons (Fsp3) is 0.435. The first-order valence-electron chi connectivity index (χ1n) is 10.4. The summed E-state index contributed by atoms with van der Waals surface area (Å²) in [7, 11) is 3.23. The van der Waals surface area contributed by atoms with E-state index in [-0.39, 0.29) is 5.91 Å². The van der Waals surface area contributed by atoms with Crippen LogP contribution in [0.4, 0.5) is 0 Å². The number of aryl methyl sites for hydroxylation is 1. The molecule has 1 fully saturated rings. The van der Waals surface area contributed by atoms with E-state index in [2.05, 4.69) is 15.4 Å². The highest BCUT2D eigenvalue weighted by Gasteiger charge is 2.22. The first kappa shape index (κ1) is 20.2. The number of hydrogen-bond donors (Lipinski definition) is 1. The number of nitrogens with zero attached hydrogens (tertiary/aromatic N) is 3. The molecule has 0 spiro atoms. The van der Waals surface area contributed by atoms with Crippen LogP contribution in [0.15, 0.2) is 30.5 Å². The Kier molecular flexibility index (Phi) is 5.88. The SMILES string of the molecule is COc1ccc(CCNC(=O)c2cc(C)nc3c2cnn3C2CCCC2)cc1OC. The lowest BCUT2D eigenvalue weighted by Gasteiger charge is -2.12. The summed E-state index contributed by atoms with van der Waals surface area (Å²) in [6.07, 6.45) is 7.17. The van der Waals surface area contributed by atoms with Gasteiger partial charge in [-0.15, -0.1) is 0 Å². The molecule has 0 aliphatic heterocycles. The molecule has 2 aromatic heterocycles. The van der Waals surface area contributed by atoms with Gasteiger partial charge < -0.3 is 14.8 Å². The molecule has 7 nitrogen and oxygen atoms in total. The number of pyridine rings is 1. The van der Waals surface area contributed by atoms with Gasteiger partial charge >= 0.3 is 0 Å². The number of rotatable bonds is 7. The van der Waals surface area contributed by atoms with E-state index in [9.17, 15) is 4.79 Å². The molecule has 0 unspecified atom stereocenters. The van der Waals surface area contributed by atoms with Crippen LogP contribution in [0.1, 0.15) is 53.3 Å². The molecule has 1 N–H and O–H groups in total. The van der Waals surface area contributed by atoms with Gasteiger partial charge in [0.2, 0.25) is 0 Å². The Labute approximate surface area is 176 Å². The molecule has 0 atom stereocenters. The van der Waals surface area contributed by atoms with Gasteiger partial charge in [-0.3, -0.25) is 4.79 Å². The third-order valence-electron chi connectivity index (χ3n) is 5.76. The number of hydrogen-bond acceptors (Lipinski definition) is 5. The zero-order chi connectivity index (χ0) is 21.1. The zero-order valence-corrected chi connectivity index (χ0v) is 17.8. The Balaban J connectivity index is 1.48. The van der Waals surface area contributed by atoms with Crippen LogP contribution in [0.3, 0.4) is 0 Å². The summed E-state index contributed by atoms with van der Waals surface area (Å²) in [5.74, 6) is 1.28. The monoisotopic (exact) mass is 408 g/mol. The molecular formula is C23H28N4O3. The average Bonchev–Trinajstić information content (AvgIpc) is 3.42. The van der Waals surface area contributed by atoms with Gasteiger partial charge in [-0.1, -0.05) is 18.9 Å². The molecule has 3 aromatic rings. The van der Waals surface area contributed by atoms with Crippen LogP contribution >= 0.6 is 0 Å². The van der Waals surface area contributed by atoms with Gasteiger partial charge in [0.25, 0.3) is 5.91 Å². The smallest absolute Gasteiger partial charge is 0.252 e. The summed E-state index contributed by atoms with van der Waals surface area (Å²) in [5, 5.41) is 8.42. The van der Waals surface area contributed by atoms with Crippen molar-refractivity contribution >= 4 is 16.9 Å². The number of benzene rings is 1. The molecule has 0 bridgehead atoms. The minimum Gasteiger partial charge on any atom is -0.493 e. The number of aromatic nitrogens is 3. The second kappa shape index (κ2) is 8.73. The van der Waals surface area contributed by atoms with Crippen molar-refractivity contribution in [1.29, 1.82) is 0 Å². The Morgan fingerprint density at radius 1 is 1.17 bits per heavy atom. The molecule has 1 aromatic carbocycles. The summed E-state index contributed by atoms with van der Waals surface area (Å²) in [6, 6.07) is 8.02. The van der Waals surface area contributed by atoms with Crippen LogP contribution in [0.2, 0.25) is 0 Å². The minimum absolute atomic E-state index is 0.100. The van der Waals surface area contributed by atoms with Crippen LogP contribution in [0.25, 0.3) is 11.0 Å². The topological polar surface area (TPSA) is 78.3 Å². The Morgan fingerprint density at radius 2 is 1.93 bits per heavy atom. The van der Waals surface area contributed by atoms with Crippen LogP contribution < -0.4 is 14.8 Å². The molecule has 0 saturated heterocycles. The maximum atomic E-state index is 12.9. The second-order valence-electron chi connectivity index (χ2n) is 7.77. The molecule has 1 aliphatic rings. The van der Waals surface area contributed by atoms with E-state index >= 15 is 0 Å². The van der Waals surface area contributed by atoms with Gasteiger partial charge in [0, 0.05) is 12.2 Å². The van der Waals surface area contributed by atoms with Crippen molar-refractivity contribution in [3.8, 4) is 11.5 Å². The molecular weight excluding hydrogens is 380 g/mol. The lowest BCUT2D eigenvalue weighted by Crippen LogP contribution is -2.26. The van der Waals surface area contributed by atoms with E-state index < -0.39 is 0 Å². The molecule has 1 amide bonds. The largest absolute Gasteiger partial charge is 0.493 e. The lowest BCUT2D eigenvalue weighted by atomic mass is 10.1. The van der Waals surface area contributed by atoms with Crippen molar-refractivity contribution in [3.05, 3.63) is 47.3 Å². The van der Waals surface area contributed by atoms with Crippen molar-refractivity contribution in [2.75, 3.05) is 20.8 Å². The summed E-state index contributed by atoms with van der Waals surface area (Å²) in [4.78, 5) is 17.6. The van der Waals surface area contributed by atoms with E-state index in [0.717, 1.165) is 35.1 Å². The van der Waals surface area contributed by atoms with Crippen LogP contribution in [-0.2, 0) is 6.42 Å². The Morgan fingerprint density at radius 3 is 2.67 bits per heavy atom. The summed E-state index contributed by atoms with van der Waals surface area (Å²) in [6.45, 7) is 2.44. The molecule has 1 aliphatic carbocycles. The van der Waals surface area contributed by atoms with E-state index in [0.29, 0.717) is 36.1 Å². The maximum Gasteiger partial charge on any atom is 0.252 e. The highest BCUT2D eigenvalue weighted by atomic mass is 16.5. The van der Waals surface area contributed by atoms with E-state index in [1.54, 1.807) is 20.4 Å². The quantitative estimate of drug-likeness (QED) is 0.643. The van der Waals surface area contributed by atoms with Crippen molar-refractivity contribution in [1.82, 2.24) is 20.1 Å². The second-order valence-corrected chi connectivity index (χ2v) is 7.77. The summed E-state index contributed by atoms with van der Waals surface area (Å²) >= 11 is 0. The van der Waals surface area contributed by atoms with E-state index in [1.165, 1.54) is 12.8 Å². The number of carbonyl (C=O) groups excluding carboxylic acids is 1. The van der Waals surface area contributed by atoms with Gasteiger partial charge in [-0.25, -0.2) is 9.67 Å². The fourth-order valence-corrected chi connectivity index (χ4v) is 4.20. The zero-order valence-electron chi connectivity index (χ0n) is 17.8. The number of fused-ring (bicyclic) bond motifs is 1. The molecule has 30 heavy (non-hydrogen) atoms. The van der Waals surface area contributed by atoms with Gasteiger partial charge in [-0.05, 0) is 49.9 Å². The molecule has 4 rings (SSSR count). The van der Waals surface area contributed by atoms with Gasteiger partial charge in [0.15, 0.2) is 17.1 Å². The maximum absolute atomic E-state index is 12.9. The minimum atomic E-state index is -0.100. The number of methoxy groups -OCH3 is 2. The first-order chi connectivity index (χ1) is 14.6. The third kappa shape index (κ3) is 3.97. The predicted molar refractivity (Wildman–Crippen MR) is 115 cm³/mol. The molecule has 1 saturated carbocycles. The first-order valence-corrected chi connectivity index (χ1v) is 10.4. The number of nitrogens with one attached hydrogen (secondary N) is 1. The number of ether oxygens (including phenoxy) is 2. The molecule has 2 heterocycles. The van der Waals surface area contributed by atoms with E-state index in [1.807, 2.05) is 35.9 Å². The van der Waals surface area contributed by atoms with Crippen molar-refractivity contribution in [2.24, 2.45) is 0 Å². The predicted octanol–water partition coefficient (Wildman–Crippen LogP) is 3.84. The Bertz CT molecular complexity index is 1050. The van der Waals surface area contributed by atoms with Gasteiger partial charge in [0.1, 0.15) is 0 Å². The fourth-order valence-electron chi connectivity index (χ4n) is 4.20. The van der Waals surface area contributed by atoms with Gasteiger partial charge in [0.05, 0.1) is 37.4 Å². The normalized spacial score (nSPS) is 14.2. The van der Waals surface area contributed by atoms with Crippen LogP contribution in [0, 0.1) is 6.92 Å². The van der Waals surface area contributed by atoms with Crippen molar-refractivity contribution in [3.63, 3.8) is 0 Å². The number of amides is 1. The van der Waals surface area contributed by atoms with E-state index in [4.69, 9.17) is 9.47 Å². The molecule has 158 valence electrons. The highest BCUT2D eigenvalue weighted by molar-refractivity contribution is 6.05. The van der Waals surface area contributed by atoms with Crippen molar-refractivity contribution in [2.45, 2.75) is 45.1 Å². The van der Waals surface area contributed by atoms with Crippen LogP contribution in [0.5, 0.6) is 11.5 Å². The lowest BCUT2D eigenvalue weighted by molar-refractivity contribution is 0.0955. The number of carbonyl (C=O) groups is 1. The Hall–Kier alpha value is -3.09. The van der Waals surface area contributed by atoms with Gasteiger partial charge in [-0.2, -0.15) is 5.10 Å². The summed E-state index contributed by atoms with van der Waals surface area (Å²) < 4.78 is 12.6. The average molecular weight is 409 g/mol. The van der Waals surface area contributed by atoms with Crippen molar-refractivity contribution < 1.29 is 14.3 Å². The third-order valence-corrected chi connectivity index (χ3v) is 5.76.